The molecule has 0 unspecified atom stereocenters. The summed E-state index contributed by atoms with van der Waals surface area (Å²) in [6.45, 7) is 3.02. The van der Waals surface area contributed by atoms with Gasteiger partial charge in [-0.15, -0.1) is 0 Å². The number of rotatable bonds is 7. The van der Waals surface area contributed by atoms with Crippen LogP contribution >= 0.6 is 22.9 Å². The summed E-state index contributed by atoms with van der Waals surface area (Å²) < 4.78 is 2.88. The molecular formula is C21H18ClN5O3S. The number of anilines is 1. The molecule has 2 aromatic heterocycles. The first-order valence-corrected chi connectivity index (χ1v) is 10.7. The number of fused-ring (bicyclic) bond motifs is 1. The Bertz CT molecular complexity index is 1240. The highest BCUT2D eigenvalue weighted by molar-refractivity contribution is 7.22. The minimum absolute atomic E-state index is 0.0616. The van der Waals surface area contributed by atoms with Gasteiger partial charge in [-0.1, -0.05) is 22.9 Å². The van der Waals surface area contributed by atoms with Gasteiger partial charge >= 0.3 is 0 Å². The maximum Gasteiger partial charge on any atom is 0.269 e. The number of aryl methyl sites for hydroxylation is 2. The first kappa shape index (κ1) is 21.0. The number of carbonyl (C=O) groups excluding carboxylic acids is 1. The Morgan fingerprint density at radius 1 is 1.26 bits per heavy atom. The molecule has 2 aromatic carbocycles. The van der Waals surface area contributed by atoms with Gasteiger partial charge in [0, 0.05) is 48.2 Å². The number of aromatic nitrogens is 3. The Morgan fingerprint density at radius 3 is 2.71 bits per heavy atom. The van der Waals surface area contributed by atoms with Crippen LogP contribution in [0.15, 0.2) is 55.1 Å². The predicted octanol–water partition coefficient (Wildman–Crippen LogP) is 5.10. The van der Waals surface area contributed by atoms with Gasteiger partial charge in [0.25, 0.3) is 11.6 Å². The molecule has 0 spiro atoms. The normalized spacial score (nSPS) is 11.0. The smallest absolute Gasteiger partial charge is 0.269 e. The fourth-order valence-electron chi connectivity index (χ4n) is 3.20. The average Bonchev–Trinajstić information content (AvgIpc) is 3.44. The minimum atomic E-state index is -0.489. The van der Waals surface area contributed by atoms with Crippen molar-refractivity contribution >= 4 is 49.9 Å². The van der Waals surface area contributed by atoms with Crippen LogP contribution in [0.3, 0.4) is 0 Å². The zero-order valence-electron chi connectivity index (χ0n) is 16.6. The summed E-state index contributed by atoms with van der Waals surface area (Å²) in [6.07, 6.45) is 5.99. The summed E-state index contributed by atoms with van der Waals surface area (Å²) in [5.74, 6) is -0.261. The Balaban J connectivity index is 1.65. The molecule has 2 heterocycles. The number of nitro benzene ring substituents is 1. The standard InChI is InChI=1S/C21H18ClN5O3S/c1-14-17(22)7-8-18-19(14)24-21(31-18)26(11-2-10-25-12-9-23-13-25)20(28)15-3-5-16(6-4-15)27(29)30/h3-9,12-13H,2,10-11H2,1H3. The number of thiazole rings is 1. The van der Waals surface area contributed by atoms with Crippen LogP contribution in [0.1, 0.15) is 22.3 Å². The van der Waals surface area contributed by atoms with Crippen molar-refractivity contribution in [3.63, 3.8) is 0 Å². The van der Waals surface area contributed by atoms with Crippen LogP contribution in [-0.2, 0) is 6.54 Å². The van der Waals surface area contributed by atoms with Gasteiger partial charge in [0.2, 0.25) is 0 Å². The number of hydrogen-bond acceptors (Lipinski definition) is 6. The highest BCUT2D eigenvalue weighted by Gasteiger charge is 2.22. The quantitative estimate of drug-likeness (QED) is 0.285. The molecule has 0 saturated carbocycles. The Morgan fingerprint density at radius 2 is 2.03 bits per heavy atom. The number of nitro groups is 1. The first-order valence-electron chi connectivity index (χ1n) is 9.52. The molecule has 4 aromatic rings. The van der Waals surface area contributed by atoms with Crippen molar-refractivity contribution in [2.75, 3.05) is 11.4 Å². The molecule has 0 N–H and O–H groups in total. The highest BCUT2D eigenvalue weighted by atomic mass is 35.5. The molecular weight excluding hydrogens is 438 g/mol. The number of amides is 1. The maximum absolute atomic E-state index is 13.3. The van der Waals surface area contributed by atoms with Crippen molar-refractivity contribution in [1.29, 1.82) is 0 Å². The summed E-state index contributed by atoms with van der Waals surface area (Å²) in [5.41, 5.74) is 1.93. The van der Waals surface area contributed by atoms with Gasteiger partial charge in [-0.2, -0.15) is 0 Å². The lowest BCUT2D eigenvalue weighted by molar-refractivity contribution is -0.384. The molecule has 0 saturated heterocycles. The van der Waals surface area contributed by atoms with E-state index in [9.17, 15) is 14.9 Å². The van der Waals surface area contributed by atoms with Crippen LogP contribution in [0.5, 0.6) is 0 Å². The van der Waals surface area contributed by atoms with Crippen LogP contribution in [0.4, 0.5) is 10.8 Å². The lowest BCUT2D eigenvalue weighted by atomic mass is 10.2. The maximum atomic E-state index is 13.3. The largest absolute Gasteiger partial charge is 0.337 e. The van der Waals surface area contributed by atoms with Gasteiger partial charge in [0.1, 0.15) is 0 Å². The topological polar surface area (TPSA) is 94.2 Å². The second-order valence-corrected chi connectivity index (χ2v) is 8.35. The average molecular weight is 456 g/mol. The molecule has 1 amide bonds. The third kappa shape index (κ3) is 4.42. The van der Waals surface area contributed by atoms with E-state index in [1.165, 1.54) is 35.6 Å². The Kier molecular flexibility index (Phi) is 5.97. The van der Waals surface area contributed by atoms with Crippen LogP contribution in [0.25, 0.3) is 10.2 Å². The number of hydrogen-bond donors (Lipinski definition) is 0. The van der Waals surface area contributed by atoms with E-state index < -0.39 is 4.92 Å². The summed E-state index contributed by atoms with van der Waals surface area (Å²) >= 11 is 7.65. The molecule has 0 radical (unpaired) electrons. The van der Waals surface area contributed by atoms with Crippen LogP contribution in [0.2, 0.25) is 5.02 Å². The van der Waals surface area contributed by atoms with Gasteiger partial charge in [-0.05, 0) is 43.2 Å². The van der Waals surface area contributed by atoms with E-state index in [2.05, 4.69) is 4.98 Å². The Hall–Kier alpha value is -3.30. The second-order valence-electron chi connectivity index (χ2n) is 6.93. The van der Waals surface area contributed by atoms with Crippen LogP contribution < -0.4 is 4.90 Å². The zero-order valence-corrected chi connectivity index (χ0v) is 18.1. The van der Waals surface area contributed by atoms with Gasteiger partial charge in [-0.3, -0.25) is 19.8 Å². The lowest BCUT2D eigenvalue weighted by Gasteiger charge is -2.20. The first-order chi connectivity index (χ1) is 14.9. The van der Waals surface area contributed by atoms with E-state index in [0.29, 0.717) is 35.2 Å². The van der Waals surface area contributed by atoms with Crippen molar-refractivity contribution < 1.29 is 9.72 Å². The van der Waals surface area contributed by atoms with E-state index in [0.717, 1.165) is 15.8 Å². The lowest BCUT2D eigenvalue weighted by Crippen LogP contribution is -2.32. The van der Waals surface area contributed by atoms with E-state index in [1.54, 1.807) is 17.4 Å². The second kappa shape index (κ2) is 8.83. The fraction of sp³-hybridized carbons (Fsp3) is 0.190. The number of imidazole rings is 1. The summed E-state index contributed by atoms with van der Waals surface area (Å²) in [6, 6.07) is 9.32. The van der Waals surface area contributed by atoms with Crippen LogP contribution in [0, 0.1) is 17.0 Å². The monoisotopic (exact) mass is 455 g/mol. The molecule has 31 heavy (non-hydrogen) atoms. The molecule has 0 fully saturated rings. The number of nitrogens with zero attached hydrogens (tertiary/aromatic N) is 5. The van der Waals surface area contributed by atoms with Gasteiger partial charge in [0.15, 0.2) is 5.13 Å². The van der Waals surface area contributed by atoms with Crippen molar-refractivity contribution in [3.8, 4) is 0 Å². The highest BCUT2D eigenvalue weighted by Crippen LogP contribution is 2.34. The zero-order chi connectivity index (χ0) is 22.0. The number of halogens is 1. The third-order valence-corrected chi connectivity index (χ3v) is 6.35. The molecule has 0 aliphatic rings. The van der Waals surface area contributed by atoms with E-state index in [-0.39, 0.29) is 11.6 Å². The molecule has 10 heteroatoms. The number of non-ortho nitro benzene ring substituents is 1. The van der Waals surface area contributed by atoms with Crippen molar-refractivity contribution in [3.05, 3.63) is 81.4 Å². The van der Waals surface area contributed by atoms with Gasteiger partial charge in [0.05, 0.1) is 21.5 Å². The summed E-state index contributed by atoms with van der Waals surface area (Å²) in [4.78, 5) is 34.1. The van der Waals surface area contributed by atoms with E-state index in [1.807, 2.05) is 29.8 Å². The minimum Gasteiger partial charge on any atom is -0.337 e. The van der Waals surface area contributed by atoms with Crippen molar-refractivity contribution in [1.82, 2.24) is 14.5 Å². The molecule has 0 atom stereocenters. The van der Waals surface area contributed by atoms with Gasteiger partial charge < -0.3 is 4.57 Å². The molecule has 4 rings (SSSR count). The SMILES string of the molecule is Cc1c(Cl)ccc2sc(N(CCCn3ccnc3)C(=O)c3ccc([N+](=O)[O-])cc3)nc12. The molecule has 8 nitrogen and oxygen atoms in total. The van der Waals surface area contributed by atoms with E-state index in [4.69, 9.17) is 16.6 Å². The summed E-state index contributed by atoms with van der Waals surface area (Å²) in [5, 5.41) is 12.1. The molecule has 158 valence electrons. The van der Waals surface area contributed by atoms with Crippen molar-refractivity contribution in [2.24, 2.45) is 0 Å². The van der Waals surface area contributed by atoms with Crippen LogP contribution in [-0.4, -0.2) is 31.9 Å². The van der Waals surface area contributed by atoms with E-state index >= 15 is 0 Å². The molecule has 0 aliphatic carbocycles. The number of carbonyl (C=O) groups is 1. The summed E-state index contributed by atoms with van der Waals surface area (Å²) in [7, 11) is 0. The van der Waals surface area contributed by atoms with Gasteiger partial charge in [-0.25, -0.2) is 9.97 Å². The molecule has 0 aliphatic heterocycles. The van der Waals surface area contributed by atoms with Crippen molar-refractivity contribution in [2.45, 2.75) is 19.9 Å². The third-order valence-electron chi connectivity index (χ3n) is 4.89. The molecule has 0 bridgehead atoms. The fourth-order valence-corrected chi connectivity index (χ4v) is 4.40. The predicted molar refractivity (Wildman–Crippen MR) is 121 cm³/mol. The Labute approximate surface area is 186 Å². The number of benzene rings is 2.